The van der Waals surface area contributed by atoms with E-state index in [1.54, 1.807) is 0 Å². The van der Waals surface area contributed by atoms with Crippen LogP contribution in [0.2, 0.25) is 0 Å². The van der Waals surface area contributed by atoms with Crippen molar-refractivity contribution >= 4 is 52.2 Å². The third-order valence-electron chi connectivity index (χ3n) is 0.678. The maximum Gasteiger partial charge on any atom is 0.618 e. The summed E-state index contributed by atoms with van der Waals surface area (Å²) in [4.78, 5) is 0. The lowest BCUT2D eigenvalue weighted by molar-refractivity contribution is 1.64. The van der Waals surface area contributed by atoms with Gasteiger partial charge in [-0.2, -0.15) is 0 Å². The molecule has 4 heteroatoms. The molecule has 0 N–H and O–H groups in total. The van der Waals surface area contributed by atoms with Crippen LogP contribution in [0.3, 0.4) is 0 Å². The van der Waals surface area contributed by atoms with E-state index in [9.17, 15) is 0 Å². The molecule has 0 heterocycles. The third-order valence-corrected chi connectivity index (χ3v) is 1.21. The predicted octanol–water partition coefficient (Wildman–Crippen LogP) is 3.25. The van der Waals surface area contributed by atoms with Gasteiger partial charge < -0.3 is 18.1 Å². The van der Waals surface area contributed by atoms with Gasteiger partial charge in [-0.1, -0.05) is 28.1 Å². The van der Waals surface area contributed by atoms with E-state index >= 15 is 0 Å². The molecule has 1 rings (SSSR count). The lowest BCUT2D eigenvalue weighted by Crippen LogP contribution is -1.56. The number of benzene rings is 1. The van der Waals surface area contributed by atoms with Gasteiger partial charge in [-0.3, -0.25) is 0 Å². The minimum atomic E-state index is -0.639. The van der Waals surface area contributed by atoms with Gasteiger partial charge in [0.2, 0.25) is 0 Å². The fraction of sp³-hybridized carbons (Fsp3) is 0. The van der Waals surface area contributed by atoms with E-state index in [4.69, 9.17) is 18.1 Å². The highest BCUT2D eigenvalue weighted by Gasteiger charge is 1.74. The first-order valence-corrected chi connectivity index (χ1v) is 7.61. The summed E-state index contributed by atoms with van der Waals surface area (Å²) in [6, 6.07) is 10.5. The summed E-state index contributed by atoms with van der Waals surface area (Å²) < 4.78 is 1.10. The minimum absolute atomic E-state index is 0.639. The molecule has 1 aromatic rings. The minimum Gasteiger partial charge on any atom is -0.309 e. The van der Waals surface area contributed by atoms with Gasteiger partial charge in [0.25, 0.3) is 0 Å². The summed E-state index contributed by atoms with van der Waals surface area (Å²) in [6.07, 6.45) is 0. The van der Waals surface area contributed by atoms with Crippen molar-refractivity contribution in [2.75, 3.05) is 0 Å². The highest BCUT2D eigenvalue weighted by Crippen LogP contribution is 2.04. The smallest absolute Gasteiger partial charge is 0.309 e. The topological polar surface area (TPSA) is 0 Å². The molecule has 0 bridgehead atoms. The van der Waals surface area contributed by atoms with Gasteiger partial charge in [0.05, 0.1) is 0 Å². The molecule has 0 nitrogen and oxygen atoms in total. The standard InChI is InChI=1S/C6H4Br.2ClH.Mg/c7-6-4-2-1-3-5-6;;;/h2-5H;2*1H;/q;;;+2/p-2. The SMILES string of the molecule is Brc1cc[c]cc1.[Cl][Mg][Cl]. The second kappa shape index (κ2) is 8.15. The van der Waals surface area contributed by atoms with Crippen LogP contribution in [0.15, 0.2) is 28.7 Å². The zero-order valence-corrected chi connectivity index (χ0v) is 9.66. The van der Waals surface area contributed by atoms with Gasteiger partial charge in [0.15, 0.2) is 0 Å². The van der Waals surface area contributed by atoms with Crippen molar-refractivity contribution in [1.29, 1.82) is 0 Å². The Kier molecular flexibility index (Phi) is 9.00. The first-order valence-electron chi connectivity index (χ1n) is 2.54. The van der Waals surface area contributed by atoms with E-state index in [0.29, 0.717) is 0 Å². The van der Waals surface area contributed by atoms with Crippen LogP contribution in [0.5, 0.6) is 0 Å². The Hall–Kier alpha value is 1.05. The van der Waals surface area contributed by atoms with E-state index in [0.717, 1.165) is 4.47 Å². The van der Waals surface area contributed by atoms with Gasteiger partial charge in [0.1, 0.15) is 0 Å². The summed E-state index contributed by atoms with van der Waals surface area (Å²) >= 11 is 2.65. The Morgan fingerprint density at radius 3 is 1.90 bits per heavy atom. The fourth-order valence-corrected chi connectivity index (χ4v) is 0.631. The van der Waals surface area contributed by atoms with Gasteiger partial charge in [-0.15, -0.1) is 0 Å². The van der Waals surface area contributed by atoms with Crippen LogP contribution in [-0.4, -0.2) is 18.2 Å². The summed E-state index contributed by atoms with van der Waals surface area (Å²) in [7, 11) is 9.81. The lowest BCUT2D eigenvalue weighted by atomic mass is 10.4. The van der Waals surface area contributed by atoms with E-state index in [1.807, 2.05) is 24.3 Å². The van der Waals surface area contributed by atoms with Gasteiger partial charge in [-0.25, -0.2) is 0 Å². The molecule has 0 spiro atoms. The highest BCUT2D eigenvalue weighted by molar-refractivity contribution is 9.10. The summed E-state index contributed by atoms with van der Waals surface area (Å²) in [5.41, 5.74) is 0. The molecule has 0 aliphatic rings. The maximum absolute atomic E-state index is 4.90. The van der Waals surface area contributed by atoms with E-state index in [-0.39, 0.29) is 0 Å². The average molecular weight is 251 g/mol. The second-order valence-corrected chi connectivity index (χ2v) is 4.86. The molecule has 0 atom stereocenters. The number of halogens is 3. The highest BCUT2D eigenvalue weighted by atomic mass is 79.9. The molecule has 0 amide bonds. The first kappa shape index (κ1) is 11.0. The van der Waals surface area contributed by atoms with E-state index in [1.165, 1.54) is 0 Å². The van der Waals surface area contributed by atoms with Crippen LogP contribution in [0.4, 0.5) is 0 Å². The van der Waals surface area contributed by atoms with Gasteiger partial charge >= 0.3 is 18.2 Å². The molecule has 1 radical (unpaired) electrons. The van der Waals surface area contributed by atoms with Crippen LogP contribution in [0.1, 0.15) is 0 Å². The van der Waals surface area contributed by atoms with Crippen molar-refractivity contribution in [3.63, 3.8) is 0 Å². The van der Waals surface area contributed by atoms with Gasteiger partial charge in [0, 0.05) is 4.47 Å². The summed E-state index contributed by atoms with van der Waals surface area (Å²) in [6.45, 7) is 0. The molecule has 0 saturated heterocycles. The van der Waals surface area contributed by atoms with Crippen molar-refractivity contribution in [2.24, 2.45) is 0 Å². The van der Waals surface area contributed by atoms with Crippen molar-refractivity contribution in [3.8, 4) is 0 Å². The number of rotatable bonds is 0. The van der Waals surface area contributed by atoms with E-state index in [2.05, 4.69) is 22.0 Å². The molecule has 0 fully saturated rings. The first-order chi connectivity index (χ1) is 4.81. The molecule has 1 aromatic carbocycles. The normalized spacial score (nSPS) is 7.10. The largest absolute Gasteiger partial charge is 0.618 e. The fourth-order valence-electron chi connectivity index (χ4n) is 0.367. The van der Waals surface area contributed by atoms with E-state index < -0.39 is 18.2 Å². The molecule has 0 unspecified atom stereocenters. The van der Waals surface area contributed by atoms with Crippen LogP contribution < -0.4 is 0 Å². The quantitative estimate of drug-likeness (QED) is 0.621. The molecule has 0 aromatic heterocycles. The Bertz CT molecular complexity index is 157. The summed E-state index contributed by atoms with van der Waals surface area (Å²) in [5, 5.41) is 0. The second-order valence-electron chi connectivity index (χ2n) is 1.32. The van der Waals surface area contributed by atoms with Crippen LogP contribution >= 0.6 is 34.1 Å². The molecule has 0 saturated carbocycles. The summed E-state index contributed by atoms with van der Waals surface area (Å²) in [5.74, 6) is 0. The Morgan fingerprint density at radius 1 is 1.30 bits per heavy atom. The molecule has 10 heavy (non-hydrogen) atoms. The Labute approximate surface area is 86.3 Å². The molecular formula is C6H4BrCl2Mg. The average Bonchev–Trinajstić information content (AvgIpc) is 1.91. The molecule has 0 aliphatic carbocycles. The Balaban J connectivity index is 0.000000236. The third kappa shape index (κ3) is 7.16. The van der Waals surface area contributed by atoms with Crippen LogP contribution in [0.25, 0.3) is 0 Å². The maximum atomic E-state index is 4.90. The van der Waals surface area contributed by atoms with Crippen molar-refractivity contribution in [3.05, 3.63) is 34.8 Å². The molecular weight excluding hydrogens is 247 g/mol. The molecule has 51 valence electrons. The number of hydrogen-bond donors (Lipinski definition) is 0. The van der Waals surface area contributed by atoms with Crippen molar-refractivity contribution in [2.45, 2.75) is 0 Å². The van der Waals surface area contributed by atoms with Gasteiger partial charge in [-0.05, 0) is 18.2 Å². The Morgan fingerprint density at radius 2 is 1.70 bits per heavy atom. The number of hydrogen-bond acceptors (Lipinski definition) is 0. The lowest BCUT2D eigenvalue weighted by Gasteiger charge is -1.79. The van der Waals surface area contributed by atoms with Crippen LogP contribution in [0, 0.1) is 6.07 Å². The predicted molar refractivity (Wildman–Crippen MR) is 50.4 cm³/mol. The van der Waals surface area contributed by atoms with Crippen LogP contribution in [-0.2, 0) is 0 Å². The monoisotopic (exact) mass is 249 g/mol. The zero-order chi connectivity index (χ0) is 7.82. The zero-order valence-electron chi connectivity index (χ0n) is 5.15. The molecule has 0 aliphatic heterocycles. The van der Waals surface area contributed by atoms with Crippen molar-refractivity contribution < 1.29 is 0 Å². The van der Waals surface area contributed by atoms with Crippen molar-refractivity contribution in [1.82, 2.24) is 0 Å².